The number of aliphatic imine (C=N–C) groups is 1. The average Bonchev–Trinajstić information content (AvgIpc) is 3.11. The summed E-state index contributed by atoms with van der Waals surface area (Å²) in [5, 5.41) is 12.8. The molecule has 3 N–H and O–H groups in total. The molecule has 0 unspecified atom stereocenters. The van der Waals surface area contributed by atoms with E-state index in [0.717, 1.165) is 49.1 Å². The number of hydrogen-bond acceptors (Lipinski definition) is 5. The molecule has 7 nitrogen and oxygen atoms in total. The van der Waals surface area contributed by atoms with Gasteiger partial charge in [-0.3, -0.25) is 9.69 Å². The van der Waals surface area contributed by atoms with Crippen molar-refractivity contribution < 1.29 is 4.79 Å². The van der Waals surface area contributed by atoms with E-state index in [1.165, 1.54) is 0 Å². The van der Waals surface area contributed by atoms with Gasteiger partial charge in [0.1, 0.15) is 0 Å². The maximum Gasteiger partial charge on any atom is 0.233 e. The van der Waals surface area contributed by atoms with E-state index in [2.05, 4.69) is 52.0 Å². The molecule has 1 fully saturated rings. The van der Waals surface area contributed by atoms with Crippen molar-refractivity contribution in [2.75, 3.05) is 33.2 Å². The summed E-state index contributed by atoms with van der Waals surface area (Å²) in [5.41, 5.74) is 1.02. The molecule has 8 heteroatoms. The van der Waals surface area contributed by atoms with Gasteiger partial charge in [-0.05, 0) is 19.8 Å². The summed E-state index contributed by atoms with van der Waals surface area (Å²) < 4.78 is 0. The van der Waals surface area contributed by atoms with Gasteiger partial charge in [0.2, 0.25) is 5.91 Å². The first-order valence-corrected chi connectivity index (χ1v) is 10.3. The molecule has 1 aromatic rings. The molecule has 0 aromatic carbocycles. The minimum Gasteiger partial charge on any atom is -0.358 e. The van der Waals surface area contributed by atoms with Crippen LogP contribution in [0.25, 0.3) is 0 Å². The van der Waals surface area contributed by atoms with Crippen molar-refractivity contribution in [2.24, 2.45) is 4.99 Å². The summed E-state index contributed by atoms with van der Waals surface area (Å²) in [6, 6.07) is 0.385. The fourth-order valence-electron chi connectivity index (χ4n) is 2.85. The predicted octanol–water partition coefficient (Wildman–Crippen LogP) is 1.53. The number of amides is 1. The van der Waals surface area contributed by atoms with Crippen LogP contribution in [0.1, 0.15) is 50.2 Å². The Morgan fingerprint density at radius 1 is 1.42 bits per heavy atom. The van der Waals surface area contributed by atoms with Gasteiger partial charge in [0, 0.05) is 44.0 Å². The number of piperidine rings is 1. The standard InChI is InChI=1S/C18H32N6OS/c1-5-20-18(21-10-15-12-26-17(22-15)13(2)3)23-14-6-8-24(9-7-14)11-16(25)19-4/h12-14H,5-11H2,1-4H3,(H,19,25)(H2,20,21,23). The van der Waals surface area contributed by atoms with Gasteiger partial charge in [-0.25, -0.2) is 9.98 Å². The molecule has 26 heavy (non-hydrogen) atoms. The van der Waals surface area contributed by atoms with E-state index in [4.69, 9.17) is 4.99 Å². The number of nitrogens with zero attached hydrogens (tertiary/aromatic N) is 3. The highest BCUT2D eigenvalue weighted by atomic mass is 32.1. The van der Waals surface area contributed by atoms with Crippen molar-refractivity contribution in [1.29, 1.82) is 0 Å². The highest BCUT2D eigenvalue weighted by Crippen LogP contribution is 2.19. The third kappa shape index (κ3) is 6.57. The molecule has 0 radical (unpaired) electrons. The Bertz CT molecular complexity index is 592. The lowest BCUT2D eigenvalue weighted by Crippen LogP contribution is -2.50. The molecule has 146 valence electrons. The van der Waals surface area contributed by atoms with E-state index in [0.29, 0.717) is 25.0 Å². The Morgan fingerprint density at radius 3 is 2.73 bits per heavy atom. The first-order chi connectivity index (χ1) is 12.5. The number of rotatable bonds is 7. The second-order valence-electron chi connectivity index (χ2n) is 6.89. The Kier molecular flexibility index (Phi) is 8.31. The van der Waals surface area contributed by atoms with Crippen LogP contribution < -0.4 is 16.0 Å². The lowest BCUT2D eigenvalue weighted by Gasteiger charge is -2.32. The van der Waals surface area contributed by atoms with Crippen LogP contribution >= 0.6 is 11.3 Å². The molecule has 0 bridgehead atoms. The second-order valence-corrected chi connectivity index (χ2v) is 7.78. The topological polar surface area (TPSA) is 81.7 Å². The number of likely N-dealkylation sites (tertiary alicyclic amines) is 1. The number of guanidine groups is 1. The number of thiazole rings is 1. The molecule has 1 saturated heterocycles. The van der Waals surface area contributed by atoms with E-state index < -0.39 is 0 Å². The SMILES string of the molecule is CCNC(=NCc1csc(C(C)C)n1)NC1CCN(CC(=O)NC)CC1. The Balaban J connectivity index is 1.84. The summed E-state index contributed by atoms with van der Waals surface area (Å²) in [5.74, 6) is 1.38. The maximum atomic E-state index is 11.5. The van der Waals surface area contributed by atoms with E-state index in [1.807, 2.05) is 0 Å². The number of likely N-dealkylation sites (N-methyl/N-ethyl adjacent to an activating group) is 1. The van der Waals surface area contributed by atoms with E-state index in [-0.39, 0.29) is 5.91 Å². The van der Waals surface area contributed by atoms with Gasteiger partial charge in [0.05, 0.1) is 23.8 Å². The third-order valence-electron chi connectivity index (χ3n) is 4.38. The lowest BCUT2D eigenvalue weighted by atomic mass is 10.1. The van der Waals surface area contributed by atoms with E-state index in [1.54, 1.807) is 18.4 Å². The van der Waals surface area contributed by atoms with Crippen molar-refractivity contribution in [3.05, 3.63) is 16.1 Å². The molecule has 0 saturated carbocycles. The van der Waals surface area contributed by atoms with Gasteiger partial charge in [-0.1, -0.05) is 13.8 Å². The van der Waals surface area contributed by atoms with E-state index >= 15 is 0 Å². The Hall–Kier alpha value is -1.67. The van der Waals surface area contributed by atoms with Crippen LogP contribution in [-0.4, -0.2) is 61.0 Å². The van der Waals surface area contributed by atoms with Gasteiger partial charge >= 0.3 is 0 Å². The number of carbonyl (C=O) groups excluding carboxylic acids is 1. The zero-order valence-electron chi connectivity index (χ0n) is 16.3. The number of carbonyl (C=O) groups is 1. The quantitative estimate of drug-likeness (QED) is 0.494. The first-order valence-electron chi connectivity index (χ1n) is 9.43. The van der Waals surface area contributed by atoms with Gasteiger partial charge in [-0.2, -0.15) is 0 Å². The van der Waals surface area contributed by atoms with Crippen molar-refractivity contribution >= 4 is 23.2 Å². The number of aromatic nitrogens is 1. The largest absolute Gasteiger partial charge is 0.358 e. The van der Waals surface area contributed by atoms with Crippen LogP contribution in [0.5, 0.6) is 0 Å². The molecule has 0 spiro atoms. The minimum absolute atomic E-state index is 0.0790. The maximum absolute atomic E-state index is 11.5. The smallest absolute Gasteiger partial charge is 0.233 e. The molecule has 1 aliphatic heterocycles. The molecule has 2 rings (SSSR count). The Labute approximate surface area is 160 Å². The van der Waals surface area contributed by atoms with Crippen LogP contribution in [0, 0.1) is 0 Å². The van der Waals surface area contributed by atoms with Gasteiger partial charge in [0.25, 0.3) is 0 Å². The first kappa shape index (κ1) is 20.6. The van der Waals surface area contributed by atoms with Crippen molar-refractivity contribution in [1.82, 2.24) is 25.8 Å². The zero-order valence-corrected chi connectivity index (χ0v) is 17.2. The van der Waals surface area contributed by atoms with Crippen molar-refractivity contribution in [3.8, 4) is 0 Å². The van der Waals surface area contributed by atoms with Gasteiger partial charge < -0.3 is 16.0 Å². The monoisotopic (exact) mass is 380 g/mol. The highest BCUT2D eigenvalue weighted by Gasteiger charge is 2.21. The molecule has 2 heterocycles. The zero-order chi connectivity index (χ0) is 18.9. The molecule has 0 atom stereocenters. The minimum atomic E-state index is 0.0790. The normalized spacial score (nSPS) is 16.7. The molecule has 1 aliphatic rings. The molecular formula is C18H32N6OS. The summed E-state index contributed by atoms with van der Waals surface area (Å²) >= 11 is 1.71. The molecular weight excluding hydrogens is 348 g/mol. The highest BCUT2D eigenvalue weighted by molar-refractivity contribution is 7.09. The summed E-state index contributed by atoms with van der Waals surface area (Å²) in [6.45, 7) is 10.1. The van der Waals surface area contributed by atoms with Gasteiger partial charge in [-0.15, -0.1) is 11.3 Å². The lowest BCUT2D eigenvalue weighted by molar-refractivity contribution is -0.122. The van der Waals surface area contributed by atoms with Crippen LogP contribution in [0.2, 0.25) is 0 Å². The second kappa shape index (κ2) is 10.5. The van der Waals surface area contributed by atoms with Crippen molar-refractivity contribution in [3.63, 3.8) is 0 Å². The van der Waals surface area contributed by atoms with Crippen LogP contribution in [0.4, 0.5) is 0 Å². The number of nitrogens with one attached hydrogen (secondary N) is 3. The molecule has 0 aliphatic carbocycles. The summed E-state index contributed by atoms with van der Waals surface area (Å²) in [4.78, 5) is 23.0. The van der Waals surface area contributed by atoms with Crippen molar-refractivity contribution in [2.45, 2.75) is 52.1 Å². The van der Waals surface area contributed by atoms with E-state index in [9.17, 15) is 4.79 Å². The van der Waals surface area contributed by atoms with Crippen LogP contribution in [0.3, 0.4) is 0 Å². The fourth-order valence-corrected chi connectivity index (χ4v) is 3.68. The average molecular weight is 381 g/mol. The van der Waals surface area contributed by atoms with Crippen LogP contribution in [-0.2, 0) is 11.3 Å². The third-order valence-corrected chi connectivity index (χ3v) is 5.58. The number of hydrogen-bond donors (Lipinski definition) is 3. The van der Waals surface area contributed by atoms with Crippen LogP contribution in [0.15, 0.2) is 10.4 Å². The predicted molar refractivity (Wildman–Crippen MR) is 108 cm³/mol. The molecule has 1 amide bonds. The fraction of sp³-hybridized carbons (Fsp3) is 0.722. The summed E-state index contributed by atoms with van der Waals surface area (Å²) in [7, 11) is 1.68. The van der Waals surface area contributed by atoms with Gasteiger partial charge in [0.15, 0.2) is 5.96 Å². The molecule has 1 aromatic heterocycles. The summed E-state index contributed by atoms with van der Waals surface area (Å²) in [6.07, 6.45) is 2.02. The Morgan fingerprint density at radius 2 is 2.15 bits per heavy atom.